The molecule has 2 aromatic carbocycles. The largest absolute Gasteiger partial charge is 0.478 e. The summed E-state index contributed by atoms with van der Waals surface area (Å²) in [7, 11) is 1.65. The monoisotopic (exact) mass is 371 g/mol. The number of carbonyl (C=O) groups is 1. The lowest BCUT2D eigenvalue weighted by atomic mass is 9.96. The topological polar surface area (TPSA) is 72.5 Å². The molecular weight excluding hydrogens is 350 g/mol. The highest BCUT2D eigenvalue weighted by Gasteiger charge is 2.12. The molecule has 0 aromatic heterocycles. The molecule has 4 nitrogen and oxygen atoms in total. The summed E-state index contributed by atoms with van der Waals surface area (Å²) in [5.41, 5.74) is 9.89. The summed E-state index contributed by atoms with van der Waals surface area (Å²) in [4.78, 5) is 11.0. The van der Waals surface area contributed by atoms with Gasteiger partial charge in [0, 0.05) is 12.1 Å². The van der Waals surface area contributed by atoms with E-state index in [1.54, 1.807) is 37.6 Å². The van der Waals surface area contributed by atoms with E-state index >= 15 is 0 Å². The molecule has 0 radical (unpaired) electrons. The number of carboxylic acid groups (broad SMARTS) is 1. The molecular formula is C21H22ClNO3. The first-order valence-corrected chi connectivity index (χ1v) is 8.55. The molecule has 0 amide bonds. The molecule has 0 aliphatic carbocycles. The van der Waals surface area contributed by atoms with Gasteiger partial charge in [0.05, 0.1) is 11.7 Å². The highest BCUT2D eigenvalue weighted by atomic mass is 35.5. The van der Waals surface area contributed by atoms with Gasteiger partial charge >= 0.3 is 5.97 Å². The normalized spacial score (nSPS) is 13.5. The van der Waals surface area contributed by atoms with Gasteiger partial charge in [0.25, 0.3) is 0 Å². The van der Waals surface area contributed by atoms with Gasteiger partial charge in [-0.25, -0.2) is 4.79 Å². The fraction of sp³-hybridized carbons (Fsp3) is 0.190. The Morgan fingerprint density at radius 2 is 1.92 bits per heavy atom. The van der Waals surface area contributed by atoms with E-state index in [9.17, 15) is 4.79 Å². The molecule has 0 saturated heterocycles. The lowest BCUT2D eigenvalue weighted by molar-refractivity contribution is 0.0697. The molecule has 136 valence electrons. The minimum atomic E-state index is -0.941. The van der Waals surface area contributed by atoms with Crippen LogP contribution in [0.5, 0.6) is 0 Å². The third-order valence-corrected chi connectivity index (χ3v) is 4.35. The molecule has 2 aromatic rings. The summed E-state index contributed by atoms with van der Waals surface area (Å²) in [5.74, 6) is -0.941. The number of allylic oxidation sites excluding steroid dienone is 2. The second kappa shape index (κ2) is 9.22. The molecule has 0 bridgehead atoms. The number of hydrogen-bond donors (Lipinski definition) is 2. The van der Waals surface area contributed by atoms with Crippen LogP contribution in [0.25, 0.3) is 5.57 Å². The van der Waals surface area contributed by atoms with Gasteiger partial charge in [-0.1, -0.05) is 41.9 Å². The first kappa shape index (κ1) is 19.8. The number of halogens is 1. The predicted molar refractivity (Wildman–Crippen MR) is 105 cm³/mol. The fourth-order valence-electron chi connectivity index (χ4n) is 2.59. The van der Waals surface area contributed by atoms with Crippen LogP contribution >= 0.6 is 11.6 Å². The van der Waals surface area contributed by atoms with Gasteiger partial charge in [-0.05, 0) is 66.1 Å². The summed E-state index contributed by atoms with van der Waals surface area (Å²) in [6.45, 7) is 1.96. The van der Waals surface area contributed by atoms with Crippen molar-refractivity contribution in [2.45, 2.75) is 19.4 Å². The van der Waals surface area contributed by atoms with Crippen LogP contribution in [0.4, 0.5) is 0 Å². The molecule has 26 heavy (non-hydrogen) atoms. The van der Waals surface area contributed by atoms with Gasteiger partial charge in [-0.3, -0.25) is 0 Å². The molecule has 0 spiro atoms. The van der Waals surface area contributed by atoms with Crippen molar-refractivity contribution in [1.82, 2.24) is 0 Å². The average Bonchev–Trinajstić information content (AvgIpc) is 2.64. The number of rotatable bonds is 7. The number of hydrogen-bond acceptors (Lipinski definition) is 3. The molecule has 0 saturated carbocycles. The number of ether oxygens (including phenoxy) is 1. The van der Waals surface area contributed by atoms with Crippen LogP contribution in [0, 0.1) is 0 Å². The first-order valence-electron chi connectivity index (χ1n) is 8.18. The lowest BCUT2D eigenvalue weighted by Gasteiger charge is -2.16. The van der Waals surface area contributed by atoms with Crippen LogP contribution < -0.4 is 5.73 Å². The number of benzene rings is 2. The molecule has 0 fully saturated rings. The second-order valence-corrected chi connectivity index (χ2v) is 6.34. The zero-order valence-electron chi connectivity index (χ0n) is 14.8. The van der Waals surface area contributed by atoms with Crippen LogP contribution in [-0.2, 0) is 11.2 Å². The van der Waals surface area contributed by atoms with Gasteiger partial charge in [0.1, 0.15) is 0 Å². The van der Waals surface area contributed by atoms with E-state index in [4.69, 9.17) is 27.2 Å². The zero-order chi connectivity index (χ0) is 19.1. The maximum atomic E-state index is 11.0. The Kier molecular flexibility index (Phi) is 7.01. The summed E-state index contributed by atoms with van der Waals surface area (Å²) < 4.78 is 5.50. The zero-order valence-corrected chi connectivity index (χ0v) is 15.5. The summed E-state index contributed by atoms with van der Waals surface area (Å²) >= 11 is 6.12. The Morgan fingerprint density at radius 3 is 2.46 bits per heavy atom. The molecule has 2 rings (SSSR count). The molecule has 1 atom stereocenters. The van der Waals surface area contributed by atoms with E-state index in [-0.39, 0.29) is 11.7 Å². The number of methoxy groups -OCH3 is 1. The summed E-state index contributed by atoms with van der Waals surface area (Å²) in [5, 5.41) is 9.65. The summed E-state index contributed by atoms with van der Waals surface area (Å²) in [6.07, 6.45) is 3.98. The van der Waals surface area contributed by atoms with E-state index in [1.807, 2.05) is 37.3 Å². The van der Waals surface area contributed by atoms with Crippen molar-refractivity contribution < 1.29 is 14.6 Å². The number of aromatic carboxylic acids is 1. The van der Waals surface area contributed by atoms with E-state index < -0.39 is 5.97 Å². The molecule has 3 N–H and O–H groups in total. The van der Waals surface area contributed by atoms with E-state index in [0.29, 0.717) is 11.4 Å². The number of nitrogens with two attached hydrogens (primary N) is 1. The third kappa shape index (κ3) is 5.22. The van der Waals surface area contributed by atoms with E-state index in [0.717, 1.165) is 22.3 Å². The Morgan fingerprint density at radius 1 is 1.23 bits per heavy atom. The van der Waals surface area contributed by atoms with Crippen LogP contribution in [0.15, 0.2) is 66.4 Å². The van der Waals surface area contributed by atoms with Crippen molar-refractivity contribution in [2.75, 3.05) is 7.11 Å². The Labute approximate surface area is 158 Å². The van der Waals surface area contributed by atoms with Gasteiger partial charge in [-0.15, -0.1) is 0 Å². The van der Waals surface area contributed by atoms with Gasteiger partial charge in [-0.2, -0.15) is 0 Å². The van der Waals surface area contributed by atoms with Gasteiger partial charge in [0.2, 0.25) is 0 Å². The van der Waals surface area contributed by atoms with Crippen molar-refractivity contribution in [3.63, 3.8) is 0 Å². The molecule has 0 heterocycles. The molecule has 1 unspecified atom stereocenters. The molecule has 5 heteroatoms. The van der Waals surface area contributed by atoms with E-state index in [1.165, 1.54) is 0 Å². The van der Waals surface area contributed by atoms with Crippen LogP contribution in [0.1, 0.15) is 28.4 Å². The van der Waals surface area contributed by atoms with E-state index in [2.05, 4.69) is 0 Å². The van der Waals surface area contributed by atoms with Crippen molar-refractivity contribution in [2.24, 2.45) is 5.73 Å². The Balaban J connectivity index is 2.32. The van der Waals surface area contributed by atoms with Crippen molar-refractivity contribution in [3.8, 4) is 0 Å². The van der Waals surface area contributed by atoms with Crippen LogP contribution in [0.2, 0.25) is 5.02 Å². The minimum Gasteiger partial charge on any atom is -0.478 e. The Hall–Kier alpha value is -2.56. The summed E-state index contributed by atoms with van der Waals surface area (Å²) in [6, 6.07) is 14.3. The number of carboxylic acids is 1. The molecule has 0 aliphatic rings. The Bertz CT molecular complexity index is 825. The SMILES string of the molecule is COC(C)/C(=C\C(=C/N)Cc1ccc(C(=O)O)cc1)c1cccc(Cl)c1. The van der Waals surface area contributed by atoms with Crippen LogP contribution in [-0.4, -0.2) is 24.3 Å². The van der Waals surface area contributed by atoms with Crippen LogP contribution in [0.3, 0.4) is 0 Å². The fourth-order valence-corrected chi connectivity index (χ4v) is 2.78. The minimum absolute atomic E-state index is 0.141. The highest BCUT2D eigenvalue weighted by Crippen LogP contribution is 2.25. The van der Waals surface area contributed by atoms with Gasteiger partial charge in [0.15, 0.2) is 0 Å². The van der Waals surface area contributed by atoms with Gasteiger partial charge < -0.3 is 15.6 Å². The quantitative estimate of drug-likeness (QED) is 0.701. The van der Waals surface area contributed by atoms with Crippen molar-refractivity contribution in [3.05, 3.63) is 88.1 Å². The average molecular weight is 372 g/mol. The standard InChI is InChI=1S/C21H22ClNO3/c1-14(26-2)20(18-4-3-5-19(22)12-18)11-16(13-23)10-15-6-8-17(9-7-15)21(24)25/h3-9,11-14H,10,23H2,1-2H3,(H,24,25)/b16-13-,20-11+. The highest BCUT2D eigenvalue weighted by molar-refractivity contribution is 6.30. The third-order valence-electron chi connectivity index (χ3n) is 4.11. The lowest BCUT2D eigenvalue weighted by Crippen LogP contribution is -2.09. The predicted octanol–water partition coefficient (Wildman–Crippen LogP) is 4.54. The maximum Gasteiger partial charge on any atom is 0.335 e. The smallest absolute Gasteiger partial charge is 0.335 e. The van der Waals surface area contributed by atoms with Crippen molar-refractivity contribution in [1.29, 1.82) is 0 Å². The maximum absolute atomic E-state index is 11.0. The first-order chi connectivity index (χ1) is 12.4. The van der Waals surface area contributed by atoms with Crippen molar-refractivity contribution >= 4 is 23.1 Å². The molecule has 0 aliphatic heterocycles. The second-order valence-electron chi connectivity index (χ2n) is 5.91.